The molecule has 0 saturated heterocycles. The van der Waals surface area contributed by atoms with Crippen LogP contribution in [0.3, 0.4) is 0 Å². The lowest BCUT2D eigenvalue weighted by Crippen LogP contribution is -2.07. The molecule has 1 N–H and O–H groups in total. The Morgan fingerprint density at radius 2 is 2.00 bits per heavy atom. The predicted octanol–water partition coefficient (Wildman–Crippen LogP) is 5.08. The first-order valence-corrected chi connectivity index (χ1v) is 8.90. The molecule has 0 unspecified atom stereocenters. The van der Waals surface area contributed by atoms with Gasteiger partial charge in [0.15, 0.2) is 11.5 Å². The fourth-order valence-corrected chi connectivity index (χ4v) is 2.90. The molecule has 3 rings (SSSR count). The van der Waals surface area contributed by atoms with E-state index < -0.39 is 5.97 Å². The number of rotatable bonds is 6. The highest BCUT2D eigenvalue weighted by atomic mass is 35.5. The van der Waals surface area contributed by atoms with Crippen LogP contribution in [0.15, 0.2) is 65.1 Å². The maximum Gasteiger partial charge on any atom is 0.353 e. The summed E-state index contributed by atoms with van der Waals surface area (Å²) in [6, 6.07) is 16.0. The van der Waals surface area contributed by atoms with Crippen LogP contribution < -0.4 is 14.9 Å². The average Bonchev–Trinajstić information content (AvgIpc) is 3.19. The van der Waals surface area contributed by atoms with Crippen molar-refractivity contribution < 1.29 is 14.3 Å². The monoisotopic (exact) mass is 386 g/mol. The third-order valence-corrected chi connectivity index (χ3v) is 4.56. The van der Waals surface area contributed by atoms with Crippen LogP contribution in [0.25, 0.3) is 0 Å². The molecule has 0 aliphatic heterocycles. The lowest BCUT2D eigenvalue weighted by Gasteiger charge is -2.09. The molecule has 5 nitrogen and oxygen atoms in total. The standard InChI is InChI=1S/C19H15ClN2O3S/c1-24-17-11-13(12-21-22-15-6-3-2-5-14(15)20)8-9-16(17)25-19(23)18-7-4-10-26-18/h2-12,22H,1H3/b21-12+. The van der Waals surface area contributed by atoms with Crippen molar-refractivity contribution in [3.05, 3.63) is 75.4 Å². The minimum absolute atomic E-state index is 0.349. The van der Waals surface area contributed by atoms with Crippen LogP contribution in [-0.4, -0.2) is 19.3 Å². The van der Waals surface area contributed by atoms with E-state index in [1.165, 1.54) is 18.4 Å². The van der Waals surface area contributed by atoms with Crippen LogP contribution in [0, 0.1) is 0 Å². The summed E-state index contributed by atoms with van der Waals surface area (Å²) in [5.41, 5.74) is 4.36. The summed E-state index contributed by atoms with van der Waals surface area (Å²) >= 11 is 7.38. The molecule has 0 atom stereocenters. The summed E-state index contributed by atoms with van der Waals surface area (Å²) < 4.78 is 10.7. The minimum Gasteiger partial charge on any atom is -0.493 e. The van der Waals surface area contributed by atoms with Gasteiger partial charge in [0, 0.05) is 0 Å². The Balaban J connectivity index is 1.71. The van der Waals surface area contributed by atoms with E-state index >= 15 is 0 Å². The molecule has 0 spiro atoms. The van der Waals surface area contributed by atoms with Gasteiger partial charge in [-0.1, -0.05) is 29.8 Å². The number of para-hydroxylation sites is 1. The summed E-state index contributed by atoms with van der Waals surface area (Å²) in [5.74, 6) is 0.374. The number of halogens is 1. The first-order chi connectivity index (χ1) is 12.7. The van der Waals surface area contributed by atoms with E-state index in [0.717, 1.165) is 5.56 Å². The van der Waals surface area contributed by atoms with E-state index in [4.69, 9.17) is 21.1 Å². The van der Waals surface area contributed by atoms with Crippen LogP contribution in [0.5, 0.6) is 11.5 Å². The molecule has 1 heterocycles. The number of hydrazone groups is 1. The summed E-state index contributed by atoms with van der Waals surface area (Å²) in [4.78, 5) is 12.6. The molecule has 2 aromatic carbocycles. The molecular formula is C19H15ClN2O3S. The fourth-order valence-electron chi connectivity index (χ4n) is 2.12. The number of nitrogens with one attached hydrogen (secondary N) is 1. The zero-order valence-corrected chi connectivity index (χ0v) is 15.4. The van der Waals surface area contributed by atoms with Gasteiger partial charge in [-0.3, -0.25) is 5.43 Å². The van der Waals surface area contributed by atoms with Crippen molar-refractivity contribution >= 4 is 40.8 Å². The molecule has 0 radical (unpaired) electrons. The smallest absolute Gasteiger partial charge is 0.353 e. The lowest BCUT2D eigenvalue weighted by atomic mass is 10.2. The highest BCUT2D eigenvalue weighted by Gasteiger charge is 2.13. The number of nitrogens with zero attached hydrogens (tertiary/aromatic N) is 1. The molecule has 3 aromatic rings. The molecule has 0 bridgehead atoms. The van der Waals surface area contributed by atoms with Gasteiger partial charge in [-0.05, 0) is 47.3 Å². The Morgan fingerprint density at radius 1 is 1.15 bits per heavy atom. The third kappa shape index (κ3) is 4.41. The van der Waals surface area contributed by atoms with Crippen molar-refractivity contribution in [1.29, 1.82) is 0 Å². The molecule has 7 heteroatoms. The van der Waals surface area contributed by atoms with Gasteiger partial charge in [-0.25, -0.2) is 4.79 Å². The quantitative estimate of drug-likeness (QED) is 0.278. The van der Waals surface area contributed by atoms with Gasteiger partial charge in [0.1, 0.15) is 4.88 Å². The second kappa shape index (κ2) is 8.51. The number of benzene rings is 2. The van der Waals surface area contributed by atoms with Crippen LogP contribution in [0.1, 0.15) is 15.2 Å². The number of esters is 1. The van der Waals surface area contributed by atoms with Gasteiger partial charge < -0.3 is 9.47 Å². The van der Waals surface area contributed by atoms with Crippen LogP contribution in [-0.2, 0) is 0 Å². The van der Waals surface area contributed by atoms with E-state index in [1.54, 1.807) is 42.6 Å². The molecule has 1 aromatic heterocycles. The number of methoxy groups -OCH3 is 1. The Morgan fingerprint density at radius 3 is 2.73 bits per heavy atom. The van der Waals surface area contributed by atoms with Crippen LogP contribution >= 0.6 is 22.9 Å². The van der Waals surface area contributed by atoms with Crippen molar-refractivity contribution in [2.75, 3.05) is 12.5 Å². The molecular weight excluding hydrogens is 372 g/mol. The van der Waals surface area contributed by atoms with Crippen molar-refractivity contribution in [2.45, 2.75) is 0 Å². The van der Waals surface area contributed by atoms with Crippen LogP contribution in [0.2, 0.25) is 5.02 Å². The van der Waals surface area contributed by atoms with E-state index in [9.17, 15) is 4.79 Å². The first kappa shape index (κ1) is 18.0. The van der Waals surface area contributed by atoms with E-state index in [2.05, 4.69) is 10.5 Å². The van der Waals surface area contributed by atoms with E-state index in [-0.39, 0.29) is 0 Å². The molecule has 0 amide bonds. The second-order valence-corrected chi connectivity index (χ2v) is 6.48. The molecule has 0 fully saturated rings. The van der Waals surface area contributed by atoms with E-state index in [1.807, 2.05) is 23.6 Å². The molecule has 0 aliphatic rings. The number of hydrogen-bond acceptors (Lipinski definition) is 6. The summed E-state index contributed by atoms with van der Waals surface area (Å²) in [6.07, 6.45) is 1.62. The van der Waals surface area contributed by atoms with Crippen molar-refractivity contribution in [1.82, 2.24) is 0 Å². The Kier molecular flexibility index (Phi) is 5.88. The molecule has 26 heavy (non-hydrogen) atoms. The second-order valence-electron chi connectivity index (χ2n) is 5.13. The maximum absolute atomic E-state index is 12.1. The zero-order valence-electron chi connectivity index (χ0n) is 13.8. The number of carbonyl (C=O) groups excluding carboxylic acids is 1. The third-order valence-electron chi connectivity index (χ3n) is 3.39. The highest BCUT2D eigenvalue weighted by molar-refractivity contribution is 7.12. The largest absolute Gasteiger partial charge is 0.493 e. The summed E-state index contributed by atoms with van der Waals surface area (Å²) in [7, 11) is 1.51. The number of anilines is 1. The summed E-state index contributed by atoms with van der Waals surface area (Å²) in [6.45, 7) is 0. The molecule has 132 valence electrons. The first-order valence-electron chi connectivity index (χ1n) is 7.64. The fraction of sp³-hybridized carbons (Fsp3) is 0.0526. The topological polar surface area (TPSA) is 59.9 Å². The van der Waals surface area contributed by atoms with Crippen molar-refractivity contribution in [3.63, 3.8) is 0 Å². The SMILES string of the molecule is COc1cc(/C=N/Nc2ccccc2Cl)ccc1OC(=O)c1cccs1. The minimum atomic E-state index is -0.417. The molecule has 0 aliphatic carbocycles. The Hall–Kier alpha value is -2.83. The van der Waals surface area contributed by atoms with Crippen molar-refractivity contribution in [3.8, 4) is 11.5 Å². The van der Waals surface area contributed by atoms with E-state index in [0.29, 0.717) is 27.1 Å². The molecule has 0 saturated carbocycles. The average molecular weight is 387 g/mol. The van der Waals surface area contributed by atoms with Gasteiger partial charge in [0.25, 0.3) is 0 Å². The van der Waals surface area contributed by atoms with Gasteiger partial charge in [-0.15, -0.1) is 11.3 Å². The number of hydrogen-bond donors (Lipinski definition) is 1. The van der Waals surface area contributed by atoms with Gasteiger partial charge in [0.05, 0.1) is 24.0 Å². The van der Waals surface area contributed by atoms with Crippen LogP contribution in [0.4, 0.5) is 5.69 Å². The Bertz CT molecular complexity index is 926. The Labute approximate surface area is 159 Å². The number of thiophene rings is 1. The predicted molar refractivity (Wildman–Crippen MR) is 105 cm³/mol. The zero-order chi connectivity index (χ0) is 18.4. The lowest BCUT2D eigenvalue weighted by molar-refractivity contribution is 0.0735. The number of carbonyl (C=O) groups is 1. The maximum atomic E-state index is 12.1. The number of ether oxygens (including phenoxy) is 2. The van der Waals surface area contributed by atoms with Gasteiger partial charge in [-0.2, -0.15) is 5.10 Å². The van der Waals surface area contributed by atoms with Gasteiger partial charge >= 0.3 is 5.97 Å². The van der Waals surface area contributed by atoms with Crippen molar-refractivity contribution in [2.24, 2.45) is 5.10 Å². The highest BCUT2D eigenvalue weighted by Crippen LogP contribution is 2.29. The normalized spacial score (nSPS) is 10.7. The van der Waals surface area contributed by atoms with Gasteiger partial charge in [0.2, 0.25) is 0 Å². The summed E-state index contributed by atoms with van der Waals surface area (Å²) in [5, 5.41) is 6.56.